The molecule has 0 bridgehead atoms. The average Bonchev–Trinajstić information content (AvgIpc) is 2.74. The number of benzene rings is 2. The van der Waals surface area contributed by atoms with E-state index in [0.29, 0.717) is 30.6 Å². The molecule has 0 spiro atoms. The van der Waals surface area contributed by atoms with Gasteiger partial charge in [-0.25, -0.2) is 12.8 Å². The summed E-state index contributed by atoms with van der Waals surface area (Å²) in [5.41, 5.74) is 1.04. The fraction of sp³-hybridized carbons (Fsp3) is 0.333. The second-order valence-corrected chi connectivity index (χ2v) is 9.36. The first-order valence-electron chi connectivity index (χ1n) is 9.57. The third-order valence-electron chi connectivity index (χ3n) is 5.01. The Kier molecular flexibility index (Phi) is 6.52. The van der Waals surface area contributed by atoms with Gasteiger partial charge in [-0.3, -0.25) is 9.59 Å². The number of nitrogens with one attached hydrogen (secondary N) is 1. The van der Waals surface area contributed by atoms with Crippen LogP contribution >= 0.6 is 0 Å². The van der Waals surface area contributed by atoms with Crippen molar-refractivity contribution in [2.75, 3.05) is 32.5 Å². The highest BCUT2D eigenvalue weighted by Crippen LogP contribution is 2.25. The van der Waals surface area contributed by atoms with Crippen molar-refractivity contribution in [3.63, 3.8) is 0 Å². The standard InChI is InChI=1S/C21H24FN3O4S/c1-24(2)21(27)15-5-9-18(10-6-15)23-20(26)16-4-3-13-25(14-16)30(28,29)19-11-7-17(22)8-12-19/h5-12,16H,3-4,13-14H2,1-2H3,(H,23,26)/t16-/m1/s1. The molecule has 9 heteroatoms. The highest BCUT2D eigenvalue weighted by Gasteiger charge is 2.33. The van der Waals surface area contributed by atoms with E-state index in [9.17, 15) is 22.4 Å². The van der Waals surface area contributed by atoms with Crippen LogP contribution < -0.4 is 5.32 Å². The number of piperidine rings is 1. The van der Waals surface area contributed by atoms with Crippen LogP contribution in [-0.2, 0) is 14.8 Å². The smallest absolute Gasteiger partial charge is 0.253 e. The number of hydrogen-bond acceptors (Lipinski definition) is 4. The fourth-order valence-corrected chi connectivity index (χ4v) is 4.85. The van der Waals surface area contributed by atoms with Crippen molar-refractivity contribution in [1.82, 2.24) is 9.21 Å². The first-order chi connectivity index (χ1) is 14.2. The zero-order valence-corrected chi connectivity index (χ0v) is 17.7. The van der Waals surface area contributed by atoms with Gasteiger partial charge in [-0.05, 0) is 61.4 Å². The molecule has 2 aromatic carbocycles. The maximum Gasteiger partial charge on any atom is 0.253 e. The predicted molar refractivity (Wildman–Crippen MR) is 111 cm³/mol. The highest BCUT2D eigenvalue weighted by atomic mass is 32.2. The van der Waals surface area contributed by atoms with Crippen LogP contribution in [0, 0.1) is 11.7 Å². The summed E-state index contributed by atoms with van der Waals surface area (Å²) in [5, 5.41) is 2.79. The minimum Gasteiger partial charge on any atom is -0.345 e. The first-order valence-corrected chi connectivity index (χ1v) is 11.0. The zero-order chi connectivity index (χ0) is 21.9. The second-order valence-electron chi connectivity index (χ2n) is 7.42. The molecule has 2 amide bonds. The molecule has 0 unspecified atom stereocenters. The van der Waals surface area contributed by atoms with Gasteiger partial charge >= 0.3 is 0 Å². The summed E-state index contributed by atoms with van der Waals surface area (Å²) in [6.45, 7) is 0.369. The number of anilines is 1. The van der Waals surface area contributed by atoms with E-state index in [1.165, 1.54) is 21.3 Å². The maximum absolute atomic E-state index is 13.1. The van der Waals surface area contributed by atoms with E-state index in [4.69, 9.17) is 0 Å². The molecule has 7 nitrogen and oxygen atoms in total. The van der Waals surface area contributed by atoms with E-state index in [1.54, 1.807) is 38.4 Å². The Morgan fingerprint density at radius 2 is 1.70 bits per heavy atom. The number of amides is 2. The van der Waals surface area contributed by atoms with E-state index in [1.807, 2.05) is 0 Å². The number of sulfonamides is 1. The Bertz CT molecular complexity index is 1020. The lowest BCUT2D eigenvalue weighted by molar-refractivity contribution is -0.120. The average molecular weight is 434 g/mol. The van der Waals surface area contributed by atoms with Crippen molar-refractivity contribution in [3.05, 3.63) is 59.9 Å². The predicted octanol–water partition coefficient (Wildman–Crippen LogP) is 2.57. The molecule has 30 heavy (non-hydrogen) atoms. The second kappa shape index (κ2) is 8.93. The molecule has 2 aromatic rings. The fourth-order valence-electron chi connectivity index (χ4n) is 3.33. The Hall–Kier alpha value is -2.78. The van der Waals surface area contributed by atoms with Crippen LogP contribution in [-0.4, -0.2) is 56.6 Å². The molecule has 160 valence electrons. The molecule has 1 saturated heterocycles. The van der Waals surface area contributed by atoms with Gasteiger partial charge in [-0.15, -0.1) is 0 Å². The van der Waals surface area contributed by atoms with E-state index in [2.05, 4.69) is 5.32 Å². The van der Waals surface area contributed by atoms with E-state index in [-0.39, 0.29) is 23.3 Å². The number of carbonyl (C=O) groups is 2. The van der Waals surface area contributed by atoms with E-state index < -0.39 is 21.8 Å². The quantitative estimate of drug-likeness (QED) is 0.785. The molecule has 1 N–H and O–H groups in total. The summed E-state index contributed by atoms with van der Waals surface area (Å²) >= 11 is 0. The van der Waals surface area contributed by atoms with Gasteiger partial charge in [0.2, 0.25) is 15.9 Å². The normalized spacial score (nSPS) is 17.4. The van der Waals surface area contributed by atoms with Gasteiger partial charge in [0.1, 0.15) is 5.82 Å². The minimum absolute atomic E-state index is 0.00565. The van der Waals surface area contributed by atoms with Gasteiger partial charge in [0.25, 0.3) is 5.91 Å². The SMILES string of the molecule is CN(C)C(=O)c1ccc(NC(=O)[C@@H]2CCCN(S(=O)(=O)c3ccc(F)cc3)C2)cc1. The van der Waals surface area contributed by atoms with Crippen molar-refractivity contribution >= 4 is 27.5 Å². The van der Waals surface area contributed by atoms with Crippen molar-refractivity contribution in [1.29, 1.82) is 0 Å². The van der Waals surface area contributed by atoms with Crippen molar-refractivity contribution in [3.8, 4) is 0 Å². The summed E-state index contributed by atoms with van der Waals surface area (Å²) in [7, 11) is -0.478. The topological polar surface area (TPSA) is 86.8 Å². The minimum atomic E-state index is -3.80. The molecule has 1 aliphatic heterocycles. The maximum atomic E-state index is 13.1. The van der Waals surface area contributed by atoms with E-state index in [0.717, 1.165) is 12.1 Å². The Morgan fingerprint density at radius 1 is 1.07 bits per heavy atom. The van der Waals surface area contributed by atoms with Crippen molar-refractivity contribution in [2.24, 2.45) is 5.92 Å². The Balaban J connectivity index is 1.67. The molecule has 1 aliphatic rings. The molecule has 0 aliphatic carbocycles. The number of carbonyl (C=O) groups excluding carboxylic acids is 2. The van der Waals surface area contributed by atoms with Gasteiger partial charge in [0.15, 0.2) is 0 Å². The van der Waals surface area contributed by atoms with Crippen molar-refractivity contribution in [2.45, 2.75) is 17.7 Å². The third kappa shape index (κ3) is 4.85. The zero-order valence-electron chi connectivity index (χ0n) is 16.8. The Labute approximate surface area is 175 Å². The van der Waals surface area contributed by atoms with Crippen LogP contribution in [0.5, 0.6) is 0 Å². The largest absolute Gasteiger partial charge is 0.345 e. The monoisotopic (exact) mass is 433 g/mol. The molecule has 1 atom stereocenters. The molecular formula is C21H24FN3O4S. The summed E-state index contributed by atoms with van der Waals surface area (Å²) in [5.74, 6) is -1.43. The van der Waals surface area contributed by atoms with Gasteiger partial charge in [-0.1, -0.05) is 0 Å². The van der Waals surface area contributed by atoms with Crippen LogP contribution in [0.25, 0.3) is 0 Å². The molecule has 0 aromatic heterocycles. The van der Waals surface area contributed by atoms with Crippen LogP contribution in [0.3, 0.4) is 0 Å². The first kappa shape index (κ1) is 21.9. The van der Waals surface area contributed by atoms with Crippen molar-refractivity contribution < 1.29 is 22.4 Å². The highest BCUT2D eigenvalue weighted by molar-refractivity contribution is 7.89. The molecule has 0 saturated carbocycles. The summed E-state index contributed by atoms with van der Waals surface area (Å²) in [6.07, 6.45) is 1.12. The number of nitrogens with zero attached hydrogens (tertiary/aromatic N) is 2. The molecule has 1 fully saturated rings. The van der Waals surface area contributed by atoms with Gasteiger partial charge in [0.05, 0.1) is 10.8 Å². The van der Waals surface area contributed by atoms with Crippen LogP contribution in [0.1, 0.15) is 23.2 Å². The van der Waals surface area contributed by atoms with Gasteiger partial charge in [0, 0.05) is 38.4 Å². The molecular weight excluding hydrogens is 409 g/mol. The lowest BCUT2D eigenvalue weighted by atomic mass is 9.98. The lowest BCUT2D eigenvalue weighted by Crippen LogP contribution is -2.43. The third-order valence-corrected chi connectivity index (χ3v) is 6.89. The Morgan fingerprint density at radius 3 is 2.30 bits per heavy atom. The molecule has 0 radical (unpaired) electrons. The molecule has 1 heterocycles. The number of halogens is 1. The van der Waals surface area contributed by atoms with Crippen LogP contribution in [0.2, 0.25) is 0 Å². The van der Waals surface area contributed by atoms with Crippen LogP contribution in [0.4, 0.5) is 10.1 Å². The summed E-state index contributed by atoms with van der Waals surface area (Å²) in [6, 6.07) is 11.2. The van der Waals surface area contributed by atoms with Gasteiger partial charge in [-0.2, -0.15) is 4.31 Å². The van der Waals surface area contributed by atoms with Gasteiger partial charge < -0.3 is 10.2 Å². The number of rotatable bonds is 5. The molecule has 3 rings (SSSR count). The van der Waals surface area contributed by atoms with Crippen LogP contribution in [0.15, 0.2) is 53.4 Å². The van der Waals surface area contributed by atoms with E-state index >= 15 is 0 Å². The number of hydrogen-bond donors (Lipinski definition) is 1. The lowest BCUT2D eigenvalue weighted by Gasteiger charge is -2.31. The summed E-state index contributed by atoms with van der Waals surface area (Å²) in [4.78, 5) is 26.1. The summed E-state index contributed by atoms with van der Waals surface area (Å²) < 4.78 is 40.0.